The predicted octanol–water partition coefficient (Wildman–Crippen LogP) is 3.39. The Labute approximate surface area is 113 Å². The molecule has 4 heteroatoms. The van der Waals surface area contributed by atoms with Crippen molar-refractivity contribution in [2.24, 2.45) is 0 Å². The van der Waals surface area contributed by atoms with Crippen LogP contribution in [0.5, 0.6) is 5.75 Å². The molecule has 0 saturated heterocycles. The van der Waals surface area contributed by atoms with Crippen molar-refractivity contribution in [3.05, 3.63) is 64.7 Å². The van der Waals surface area contributed by atoms with E-state index < -0.39 is 0 Å². The summed E-state index contributed by atoms with van der Waals surface area (Å²) in [6.07, 6.45) is 4.22. The van der Waals surface area contributed by atoms with Crippen LogP contribution in [0.4, 0.5) is 0 Å². The molecule has 0 aliphatic rings. The van der Waals surface area contributed by atoms with Gasteiger partial charge in [-0.2, -0.15) is 0 Å². The summed E-state index contributed by atoms with van der Waals surface area (Å²) in [6, 6.07) is 11.6. The Morgan fingerprint density at radius 3 is 2.83 bits per heavy atom. The van der Waals surface area contributed by atoms with Gasteiger partial charge in [0.05, 0.1) is 17.9 Å². The van der Waals surface area contributed by atoms with Gasteiger partial charge in [-0.1, -0.05) is 34.1 Å². The van der Waals surface area contributed by atoms with Crippen molar-refractivity contribution >= 4 is 21.4 Å². The van der Waals surface area contributed by atoms with Crippen molar-refractivity contribution in [3.63, 3.8) is 0 Å². The van der Waals surface area contributed by atoms with Crippen LogP contribution in [0.2, 0.25) is 0 Å². The van der Waals surface area contributed by atoms with Crippen LogP contribution in [0.25, 0.3) is 5.52 Å². The van der Waals surface area contributed by atoms with Gasteiger partial charge in [0.2, 0.25) is 0 Å². The van der Waals surface area contributed by atoms with Crippen LogP contribution in [0.15, 0.2) is 53.3 Å². The Balaban J connectivity index is 2.05. The summed E-state index contributed by atoms with van der Waals surface area (Å²) in [5.74, 6) is 1.15. The van der Waals surface area contributed by atoms with Crippen LogP contribution in [0.1, 0.15) is 11.4 Å². The number of pyridine rings is 1. The smallest absolute Gasteiger partial charge is 0.132 e. The van der Waals surface area contributed by atoms with Crippen LogP contribution in [-0.2, 0) is 6.42 Å². The third kappa shape index (κ3) is 1.99. The lowest BCUT2D eigenvalue weighted by molar-refractivity contribution is 0.471. The van der Waals surface area contributed by atoms with Crippen molar-refractivity contribution in [3.8, 4) is 5.75 Å². The topological polar surface area (TPSA) is 37.5 Å². The van der Waals surface area contributed by atoms with Gasteiger partial charge >= 0.3 is 0 Å². The molecule has 2 heterocycles. The molecule has 0 amide bonds. The summed E-state index contributed by atoms with van der Waals surface area (Å²) in [7, 11) is 0. The minimum Gasteiger partial charge on any atom is -0.506 e. The number of imidazole rings is 1. The zero-order chi connectivity index (χ0) is 12.5. The summed E-state index contributed by atoms with van der Waals surface area (Å²) in [4.78, 5) is 4.40. The van der Waals surface area contributed by atoms with Gasteiger partial charge in [-0.05, 0) is 23.8 Å². The minimum atomic E-state index is 0.244. The lowest BCUT2D eigenvalue weighted by Gasteiger charge is -2.04. The first-order chi connectivity index (χ1) is 8.74. The Kier molecular flexibility index (Phi) is 2.80. The minimum absolute atomic E-state index is 0.244. The number of fused-ring (bicyclic) bond motifs is 1. The van der Waals surface area contributed by atoms with E-state index >= 15 is 0 Å². The fourth-order valence-electron chi connectivity index (χ4n) is 1.98. The summed E-state index contributed by atoms with van der Waals surface area (Å²) in [5, 5.41) is 9.54. The lowest BCUT2D eigenvalue weighted by Crippen LogP contribution is -1.96. The summed E-state index contributed by atoms with van der Waals surface area (Å²) in [6.45, 7) is 0. The Bertz CT molecular complexity index is 706. The normalized spacial score (nSPS) is 10.9. The molecule has 90 valence electrons. The summed E-state index contributed by atoms with van der Waals surface area (Å²) >= 11 is 3.53. The zero-order valence-corrected chi connectivity index (χ0v) is 11.1. The van der Waals surface area contributed by atoms with Crippen molar-refractivity contribution in [1.29, 1.82) is 0 Å². The van der Waals surface area contributed by atoms with Crippen molar-refractivity contribution in [1.82, 2.24) is 9.38 Å². The van der Waals surface area contributed by atoms with E-state index in [1.54, 1.807) is 12.3 Å². The molecule has 18 heavy (non-hydrogen) atoms. The van der Waals surface area contributed by atoms with Gasteiger partial charge in [0.15, 0.2) is 0 Å². The molecule has 0 aliphatic carbocycles. The Morgan fingerprint density at radius 2 is 2.00 bits per heavy atom. The molecule has 1 N–H and O–H groups in total. The standard InChI is InChI=1S/C14H11BrN2O/c15-13-4-2-1-3-10(13)7-14-16-8-11-5-6-12(18)9-17(11)14/h1-6,8-9,18H,7H2. The molecule has 3 aromatic rings. The highest BCUT2D eigenvalue weighted by atomic mass is 79.9. The molecule has 0 saturated carbocycles. The van der Waals surface area contributed by atoms with Crippen molar-refractivity contribution in [2.45, 2.75) is 6.42 Å². The van der Waals surface area contributed by atoms with Gasteiger partial charge in [0, 0.05) is 10.9 Å². The van der Waals surface area contributed by atoms with E-state index in [1.807, 2.05) is 34.9 Å². The highest BCUT2D eigenvalue weighted by molar-refractivity contribution is 9.10. The maximum Gasteiger partial charge on any atom is 0.132 e. The molecule has 3 rings (SSSR count). The third-order valence-electron chi connectivity index (χ3n) is 2.89. The molecule has 2 aromatic heterocycles. The summed E-state index contributed by atoms with van der Waals surface area (Å²) < 4.78 is 2.98. The molecule has 0 spiro atoms. The molecule has 0 aliphatic heterocycles. The molecular weight excluding hydrogens is 292 g/mol. The largest absolute Gasteiger partial charge is 0.506 e. The van der Waals surface area contributed by atoms with Crippen molar-refractivity contribution < 1.29 is 5.11 Å². The summed E-state index contributed by atoms with van der Waals surface area (Å²) in [5.41, 5.74) is 2.16. The monoisotopic (exact) mass is 302 g/mol. The van der Waals surface area contributed by atoms with E-state index in [1.165, 1.54) is 5.56 Å². The van der Waals surface area contributed by atoms with Gasteiger partial charge < -0.3 is 5.11 Å². The van der Waals surface area contributed by atoms with E-state index in [-0.39, 0.29) is 5.75 Å². The van der Waals surface area contributed by atoms with Crippen LogP contribution < -0.4 is 0 Å². The van der Waals surface area contributed by atoms with E-state index in [4.69, 9.17) is 0 Å². The van der Waals surface area contributed by atoms with Crippen LogP contribution >= 0.6 is 15.9 Å². The highest BCUT2D eigenvalue weighted by Gasteiger charge is 2.07. The zero-order valence-electron chi connectivity index (χ0n) is 9.55. The van der Waals surface area contributed by atoms with E-state index in [2.05, 4.69) is 27.0 Å². The number of nitrogens with zero attached hydrogens (tertiary/aromatic N) is 2. The first-order valence-electron chi connectivity index (χ1n) is 5.62. The number of hydrogen-bond donors (Lipinski definition) is 1. The first kappa shape index (κ1) is 11.3. The molecule has 0 bridgehead atoms. The lowest BCUT2D eigenvalue weighted by atomic mass is 10.1. The second-order valence-electron chi connectivity index (χ2n) is 4.12. The SMILES string of the molecule is Oc1ccc2cnc(Cc3ccccc3Br)n2c1. The van der Waals surface area contributed by atoms with E-state index in [0.717, 1.165) is 22.2 Å². The average molecular weight is 303 g/mol. The van der Waals surface area contributed by atoms with Crippen LogP contribution in [0.3, 0.4) is 0 Å². The second-order valence-corrected chi connectivity index (χ2v) is 4.98. The van der Waals surface area contributed by atoms with Gasteiger partial charge in [0.1, 0.15) is 11.6 Å². The molecule has 3 nitrogen and oxygen atoms in total. The van der Waals surface area contributed by atoms with Gasteiger partial charge in [0.25, 0.3) is 0 Å². The highest BCUT2D eigenvalue weighted by Crippen LogP contribution is 2.20. The fourth-order valence-corrected chi connectivity index (χ4v) is 2.40. The maximum absolute atomic E-state index is 9.54. The number of rotatable bonds is 2. The Morgan fingerprint density at radius 1 is 1.17 bits per heavy atom. The quantitative estimate of drug-likeness (QED) is 0.788. The van der Waals surface area contributed by atoms with Gasteiger partial charge in [-0.25, -0.2) is 4.98 Å². The number of halogens is 1. The number of aromatic nitrogens is 2. The fraction of sp³-hybridized carbons (Fsp3) is 0.0714. The predicted molar refractivity (Wildman–Crippen MR) is 73.8 cm³/mol. The average Bonchev–Trinajstić information content (AvgIpc) is 2.75. The Hall–Kier alpha value is -1.81. The number of hydrogen-bond acceptors (Lipinski definition) is 2. The number of benzene rings is 1. The second kappa shape index (κ2) is 4.46. The molecule has 0 unspecified atom stereocenters. The van der Waals surface area contributed by atoms with Crippen LogP contribution in [-0.4, -0.2) is 14.5 Å². The maximum atomic E-state index is 9.54. The van der Waals surface area contributed by atoms with Crippen LogP contribution in [0, 0.1) is 0 Å². The molecule has 0 atom stereocenters. The van der Waals surface area contributed by atoms with E-state index in [0.29, 0.717) is 0 Å². The molecular formula is C14H11BrN2O. The van der Waals surface area contributed by atoms with E-state index in [9.17, 15) is 5.11 Å². The molecule has 0 radical (unpaired) electrons. The van der Waals surface area contributed by atoms with Gasteiger partial charge in [-0.3, -0.25) is 4.40 Å². The van der Waals surface area contributed by atoms with Gasteiger partial charge in [-0.15, -0.1) is 0 Å². The third-order valence-corrected chi connectivity index (χ3v) is 3.67. The molecule has 0 fully saturated rings. The number of aromatic hydroxyl groups is 1. The van der Waals surface area contributed by atoms with Crippen molar-refractivity contribution in [2.75, 3.05) is 0 Å². The molecule has 1 aromatic carbocycles. The first-order valence-corrected chi connectivity index (χ1v) is 6.42.